The number of aromatic nitrogens is 2. The van der Waals surface area contributed by atoms with Gasteiger partial charge in [0.25, 0.3) is 0 Å². The zero-order chi connectivity index (χ0) is 14.8. The van der Waals surface area contributed by atoms with Crippen LogP contribution in [0, 0.1) is 6.92 Å². The van der Waals surface area contributed by atoms with Gasteiger partial charge in [0.15, 0.2) is 0 Å². The smallest absolute Gasteiger partial charge is 0.242 e. The van der Waals surface area contributed by atoms with Crippen LogP contribution in [0.5, 0.6) is 0 Å². The number of carbonyl (C=O) groups is 1. The molecular formula is C15H23N5O. The molecule has 1 saturated heterocycles. The molecule has 1 amide bonds. The molecule has 0 aromatic carbocycles. The van der Waals surface area contributed by atoms with Gasteiger partial charge in [-0.25, -0.2) is 9.97 Å². The lowest BCUT2D eigenvalue weighted by Gasteiger charge is -2.24. The summed E-state index contributed by atoms with van der Waals surface area (Å²) in [7, 11) is 0. The lowest BCUT2D eigenvalue weighted by Crippen LogP contribution is -2.44. The molecule has 1 aliphatic carbocycles. The summed E-state index contributed by atoms with van der Waals surface area (Å²) in [6, 6.07) is -0.186. The number of carbonyl (C=O) groups excluding carboxylic acids is 1. The fourth-order valence-electron chi connectivity index (χ4n) is 2.61. The minimum atomic E-state index is -0.186. The predicted octanol–water partition coefficient (Wildman–Crippen LogP) is 1.78. The van der Waals surface area contributed by atoms with Gasteiger partial charge < -0.3 is 16.0 Å². The Labute approximate surface area is 125 Å². The third kappa shape index (κ3) is 3.09. The Kier molecular flexibility index (Phi) is 3.94. The number of nitrogens with one attached hydrogen (secondary N) is 3. The maximum atomic E-state index is 11.9. The quantitative estimate of drug-likeness (QED) is 0.770. The van der Waals surface area contributed by atoms with Gasteiger partial charge in [0, 0.05) is 24.6 Å². The van der Waals surface area contributed by atoms with E-state index >= 15 is 0 Å². The van der Waals surface area contributed by atoms with E-state index in [2.05, 4.69) is 32.8 Å². The zero-order valence-electron chi connectivity index (χ0n) is 12.7. The summed E-state index contributed by atoms with van der Waals surface area (Å²) in [5.74, 6) is 3.13. The van der Waals surface area contributed by atoms with Crippen molar-refractivity contribution in [3.8, 4) is 0 Å². The van der Waals surface area contributed by atoms with Crippen molar-refractivity contribution in [2.24, 2.45) is 0 Å². The monoisotopic (exact) mass is 289 g/mol. The highest BCUT2D eigenvalue weighted by atomic mass is 16.2. The highest BCUT2D eigenvalue weighted by molar-refractivity contribution is 5.85. The molecule has 2 aliphatic rings. The van der Waals surface area contributed by atoms with Gasteiger partial charge in [0.05, 0.1) is 0 Å². The fourth-order valence-corrected chi connectivity index (χ4v) is 2.61. The fraction of sp³-hybridized carbons (Fsp3) is 0.667. The second-order valence-electron chi connectivity index (χ2n) is 5.84. The van der Waals surface area contributed by atoms with Crippen molar-refractivity contribution in [3.05, 3.63) is 11.4 Å². The Morgan fingerprint density at radius 2 is 2.00 bits per heavy atom. The van der Waals surface area contributed by atoms with Crippen molar-refractivity contribution < 1.29 is 4.79 Å². The molecule has 114 valence electrons. The maximum Gasteiger partial charge on any atom is 0.242 e. The molecule has 1 aromatic heterocycles. The summed E-state index contributed by atoms with van der Waals surface area (Å²) < 4.78 is 0. The Morgan fingerprint density at radius 1 is 1.24 bits per heavy atom. The molecule has 0 bridgehead atoms. The number of anilines is 2. The first kappa shape index (κ1) is 14.1. The van der Waals surface area contributed by atoms with Crippen molar-refractivity contribution in [2.75, 3.05) is 23.7 Å². The maximum absolute atomic E-state index is 11.9. The molecule has 3 N–H and O–H groups in total. The molecule has 2 fully saturated rings. The van der Waals surface area contributed by atoms with E-state index in [0.717, 1.165) is 61.8 Å². The van der Waals surface area contributed by atoms with Crippen molar-refractivity contribution in [1.29, 1.82) is 0 Å². The van der Waals surface area contributed by atoms with Crippen LogP contribution in [0.15, 0.2) is 0 Å². The van der Waals surface area contributed by atoms with Gasteiger partial charge >= 0.3 is 0 Å². The molecule has 1 atom stereocenters. The molecule has 1 aromatic rings. The molecule has 2 heterocycles. The topological polar surface area (TPSA) is 78.9 Å². The second kappa shape index (κ2) is 5.87. The molecular weight excluding hydrogens is 266 g/mol. The van der Waals surface area contributed by atoms with Crippen molar-refractivity contribution in [3.63, 3.8) is 0 Å². The van der Waals surface area contributed by atoms with E-state index in [9.17, 15) is 4.79 Å². The first-order chi connectivity index (χ1) is 10.2. The minimum absolute atomic E-state index is 0.0669. The van der Waals surface area contributed by atoms with Gasteiger partial charge in [0.1, 0.15) is 23.5 Å². The van der Waals surface area contributed by atoms with Gasteiger partial charge in [0.2, 0.25) is 5.91 Å². The molecule has 1 saturated carbocycles. The lowest BCUT2D eigenvalue weighted by molar-refractivity contribution is -0.123. The van der Waals surface area contributed by atoms with E-state index in [-0.39, 0.29) is 11.9 Å². The predicted molar refractivity (Wildman–Crippen MR) is 82.6 cm³/mol. The van der Waals surface area contributed by atoms with Gasteiger partial charge in [-0.2, -0.15) is 0 Å². The Hall–Kier alpha value is -1.85. The van der Waals surface area contributed by atoms with Crippen molar-refractivity contribution >= 4 is 17.5 Å². The van der Waals surface area contributed by atoms with Gasteiger partial charge in [-0.3, -0.25) is 4.79 Å². The van der Waals surface area contributed by atoms with Crippen molar-refractivity contribution in [2.45, 2.75) is 51.5 Å². The summed E-state index contributed by atoms with van der Waals surface area (Å²) in [6.45, 7) is 5.65. The lowest BCUT2D eigenvalue weighted by atomic mass is 10.1. The van der Waals surface area contributed by atoms with Crippen LogP contribution < -0.4 is 16.0 Å². The highest BCUT2D eigenvalue weighted by Gasteiger charge is 2.29. The minimum Gasteiger partial charge on any atom is -0.370 e. The van der Waals surface area contributed by atoms with Crippen LogP contribution in [0.3, 0.4) is 0 Å². The van der Waals surface area contributed by atoms with Crippen LogP contribution in [-0.4, -0.2) is 35.0 Å². The van der Waals surface area contributed by atoms with E-state index in [4.69, 9.17) is 0 Å². The normalized spacial score (nSPS) is 21.8. The number of nitrogens with zero attached hydrogens (tertiary/aromatic N) is 2. The Bertz CT molecular complexity index is 541. The van der Waals surface area contributed by atoms with Crippen LogP contribution >= 0.6 is 0 Å². The number of amides is 1. The molecule has 1 unspecified atom stereocenters. The van der Waals surface area contributed by atoms with Crippen LogP contribution in [0.4, 0.5) is 11.6 Å². The third-order valence-electron chi connectivity index (χ3n) is 4.05. The number of rotatable bonds is 5. The van der Waals surface area contributed by atoms with Crippen molar-refractivity contribution in [1.82, 2.24) is 15.3 Å². The summed E-state index contributed by atoms with van der Waals surface area (Å²) in [4.78, 5) is 21.2. The molecule has 21 heavy (non-hydrogen) atoms. The van der Waals surface area contributed by atoms with Crippen LogP contribution in [0.2, 0.25) is 0 Å². The molecule has 0 radical (unpaired) electrons. The Morgan fingerprint density at radius 3 is 2.67 bits per heavy atom. The number of hydrogen-bond acceptors (Lipinski definition) is 5. The average molecular weight is 289 g/mol. The number of piperidine rings is 1. The molecule has 6 nitrogen and oxygen atoms in total. The zero-order valence-corrected chi connectivity index (χ0v) is 12.7. The SMILES string of the molecule is CCNc1nc(C2CC2)nc(NC2CCCNC2=O)c1C. The summed E-state index contributed by atoms with van der Waals surface area (Å²) in [6.07, 6.45) is 4.18. The first-order valence-electron chi connectivity index (χ1n) is 7.85. The largest absolute Gasteiger partial charge is 0.370 e. The van der Waals surface area contributed by atoms with Crippen LogP contribution in [-0.2, 0) is 4.79 Å². The van der Waals surface area contributed by atoms with E-state index in [0.29, 0.717) is 5.92 Å². The van der Waals surface area contributed by atoms with E-state index in [1.807, 2.05) is 6.92 Å². The average Bonchev–Trinajstić information content (AvgIpc) is 3.30. The first-order valence-corrected chi connectivity index (χ1v) is 7.85. The molecule has 1 aliphatic heterocycles. The number of hydrogen-bond donors (Lipinski definition) is 3. The van der Waals surface area contributed by atoms with E-state index in [1.54, 1.807) is 0 Å². The summed E-state index contributed by atoms with van der Waals surface area (Å²) in [5, 5.41) is 9.51. The third-order valence-corrected chi connectivity index (χ3v) is 4.05. The summed E-state index contributed by atoms with van der Waals surface area (Å²) in [5.41, 5.74) is 0.986. The van der Waals surface area contributed by atoms with Crippen LogP contribution in [0.1, 0.15) is 49.9 Å². The van der Waals surface area contributed by atoms with Gasteiger partial charge in [-0.1, -0.05) is 0 Å². The van der Waals surface area contributed by atoms with Crippen LogP contribution in [0.25, 0.3) is 0 Å². The molecule has 0 spiro atoms. The molecule has 6 heteroatoms. The summed E-state index contributed by atoms with van der Waals surface area (Å²) >= 11 is 0. The van der Waals surface area contributed by atoms with E-state index in [1.165, 1.54) is 0 Å². The van der Waals surface area contributed by atoms with Gasteiger partial charge in [-0.15, -0.1) is 0 Å². The molecule has 3 rings (SSSR count). The second-order valence-corrected chi connectivity index (χ2v) is 5.84. The Balaban J connectivity index is 1.86. The van der Waals surface area contributed by atoms with Gasteiger partial charge in [-0.05, 0) is 39.5 Å². The van der Waals surface area contributed by atoms with E-state index < -0.39 is 0 Å². The highest BCUT2D eigenvalue weighted by Crippen LogP contribution is 2.39. The standard InChI is InChI=1S/C15H23N5O/c1-3-16-12-9(2)13(20-14(19-12)10-6-7-10)18-11-5-4-8-17-15(11)21/h10-11H,3-8H2,1-2H3,(H,17,21)(H2,16,18,19,20).